The van der Waals surface area contributed by atoms with E-state index in [0.29, 0.717) is 11.3 Å². The fourth-order valence-corrected chi connectivity index (χ4v) is 2.51. The molecule has 1 aliphatic rings. The van der Waals surface area contributed by atoms with Crippen molar-refractivity contribution in [3.8, 4) is 0 Å². The third-order valence-electron chi connectivity index (χ3n) is 3.87. The lowest BCUT2D eigenvalue weighted by atomic mass is 9.99. The van der Waals surface area contributed by atoms with Gasteiger partial charge in [0.25, 0.3) is 5.91 Å². The zero-order valence-corrected chi connectivity index (χ0v) is 12.1. The Morgan fingerprint density at radius 2 is 1.80 bits per heavy atom. The smallest absolute Gasteiger partial charge is 0.271 e. The predicted octanol–water partition coefficient (Wildman–Crippen LogP) is 3.41. The average molecular weight is 273 g/mol. The van der Waals surface area contributed by atoms with E-state index in [1.807, 2.05) is 6.92 Å². The van der Waals surface area contributed by atoms with Gasteiger partial charge >= 0.3 is 0 Å². The van der Waals surface area contributed by atoms with Crippen LogP contribution in [0.4, 0.5) is 5.69 Å². The number of nitrogens with one attached hydrogen (secondary N) is 1. The Balaban J connectivity index is 2.01. The van der Waals surface area contributed by atoms with E-state index in [9.17, 15) is 4.79 Å². The fraction of sp³-hybridized carbons (Fsp3) is 0.500. The van der Waals surface area contributed by atoms with E-state index in [-0.39, 0.29) is 5.91 Å². The lowest BCUT2D eigenvalue weighted by Gasteiger charge is -2.11. The van der Waals surface area contributed by atoms with Crippen LogP contribution in [0.2, 0.25) is 0 Å². The second kappa shape index (κ2) is 7.08. The number of amides is 1. The normalized spacial score (nSPS) is 16.1. The van der Waals surface area contributed by atoms with Crippen molar-refractivity contribution < 1.29 is 4.79 Å². The molecule has 0 atom stereocenters. The van der Waals surface area contributed by atoms with Gasteiger partial charge in [0.05, 0.1) is 0 Å². The molecule has 1 amide bonds. The maximum Gasteiger partial charge on any atom is 0.271 e. The van der Waals surface area contributed by atoms with Crippen molar-refractivity contribution in [3.05, 3.63) is 29.3 Å². The first kappa shape index (κ1) is 14.6. The molecule has 4 nitrogen and oxygen atoms in total. The molecule has 1 fully saturated rings. The van der Waals surface area contributed by atoms with E-state index in [2.05, 4.69) is 10.5 Å². The van der Waals surface area contributed by atoms with Crippen LogP contribution in [-0.2, 0) is 0 Å². The van der Waals surface area contributed by atoms with E-state index in [1.54, 1.807) is 18.2 Å². The van der Waals surface area contributed by atoms with E-state index in [1.165, 1.54) is 32.1 Å². The first-order valence-electron chi connectivity index (χ1n) is 7.39. The quantitative estimate of drug-likeness (QED) is 0.640. The Labute approximate surface area is 120 Å². The number of nitrogens with zero attached hydrogens (tertiary/aromatic N) is 1. The number of nitrogens with two attached hydrogens (primary N) is 1. The molecule has 0 radical (unpaired) electrons. The summed E-state index contributed by atoms with van der Waals surface area (Å²) in [6.07, 6.45) is 8.19. The Morgan fingerprint density at radius 3 is 2.50 bits per heavy atom. The molecule has 1 aromatic rings. The number of anilines is 1. The minimum Gasteiger partial charge on any atom is -0.398 e. The molecule has 1 aromatic carbocycles. The molecule has 3 N–H and O–H groups in total. The van der Waals surface area contributed by atoms with Gasteiger partial charge in [0.15, 0.2) is 0 Å². The van der Waals surface area contributed by atoms with Crippen molar-refractivity contribution in [2.45, 2.75) is 51.9 Å². The van der Waals surface area contributed by atoms with Crippen LogP contribution in [0.25, 0.3) is 0 Å². The first-order valence-corrected chi connectivity index (χ1v) is 7.39. The molecule has 0 aliphatic heterocycles. The number of hydrogen-bond acceptors (Lipinski definition) is 3. The van der Waals surface area contributed by atoms with Crippen molar-refractivity contribution in [2.75, 3.05) is 5.73 Å². The van der Waals surface area contributed by atoms with Crippen molar-refractivity contribution in [2.24, 2.45) is 5.10 Å². The van der Waals surface area contributed by atoms with Crippen molar-refractivity contribution in [3.63, 3.8) is 0 Å². The number of carbonyl (C=O) groups is 1. The first-order chi connectivity index (χ1) is 9.68. The maximum absolute atomic E-state index is 12.1. The fourth-order valence-electron chi connectivity index (χ4n) is 2.51. The van der Waals surface area contributed by atoms with Crippen LogP contribution < -0.4 is 11.2 Å². The highest BCUT2D eigenvalue weighted by molar-refractivity contribution is 5.97. The van der Waals surface area contributed by atoms with Gasteiger partial charge in [-0.15, -0.1) is 0 Å². The average Bonchev–Trinajstić information content (AvgIpc) is 2.40. The molecule has 0 heterocycles. The van der Waals surface area contributed by atoms with Crippen LogP contribution in [-0.4, -0.2) is 11.6 Å². The van der Waals surface area contributed by atoms with E-state index in [0.717, 1.165) is 24.1 Å². The highest BCUT2D eigenvalue weighted by Gasteiger charge is 2.11. The molecule has 1 aliphatic carbocycles. The maximum atomic E-state index is 12.1. The number of benzene rings is 1. The zero-order valence-electron chi connectivity index (χ0n) is 12.1. The largest absolute Gasteiger partial charge is 0.398 e. The van der Waals surface area contributed by atoms with Crippen LogP contribution in [0, 0.1) is 6.92 Å². The van der Waals surface area contributed by atoms with Crippen molar-refractivity contribution in [1.82, 2.24) is 5.43 Å². The summed E-state index contributed by atoms with van der Waals surface area (Å²) < 4.78 is 0. The number of hydrogen-bond donors (Lipinski definition) is 2. The number of rotatable bonds is 2. The predicted molar refractivity (Wildman–Crippen MR) is 82.8 cm³/mol. The highest BCUT2D eigenvalue weighted by atomic mass is 16.2. The Hall–Kier alpha value is -1.84. The second-order valence-electron chi connectivity index (χ2n) is 5.41. The van der Waals surface area contributed by atoms with Gasteiger partial charge in [-0.05, 0) is 50.3 Å². The zero-order chi connectivity index (χ0) is 14.4. The van der Waals surface area contributed by atoms with Gasteiger partial charge in [-0.3, -0.25) is 4.79 Å². The molecule has 4 heteroatoms. The standard InChI is InChI=1S/C16H23N3O/c1-12-14(10-7-11-15(12)17)16(20)19-18-13-8-5-3-2-4-6-9-13/h7,10-11H,2-6,8-9,17H2,1H3,(H,19,20). The molecule has 20 heavy (non-hydrogen) atoms. The third-order valence-corrected chi connectivity index (χ3v) is 3.87. The van der Waals surface area contributed by atoms with Crippen LogP contribution in [0.3, 0.4) is 0 Å². The summed E-state index contributed by atoms with van der Waals surface area (Å²) in [5.74, 6) is -0.177. The van der Waals surface area contributed by atoms with Crippen LogP contribution in [0.1, 0.15) is 60.9 Å². The summed E-state index contributed by atoms with van der Waals surface area (Å²) in [7, 11) is 0. The summed E-state index contributed by atoms with van der Waals surface area (Å²) in [6, 6.07) is 5.37. The van der Waals surface area contributed by atoms with Crippen LogP contribution in [0.15, 0.2) is 23.3 Å². The summed E-state index contributed by atoms with van der Waals surface area (Å²) in [5.41, 5.74) is 11.6. The molecular weight excluding hydrogens is 250 g/mol. The molecule has 0 aromatic heterocycles. The van der Waals surface area contributed by atoms with Crippen LogP contribution in [0.5, 0.6) is 0 Å². The Kier molecular flexibility index (Phi) is 5.16. The SMILES string of the molecule is Cc1c(N)cccc1C(=O)NN=C1CCCCCCC1. The molecule has 0 unspecified atom stereocenters. The van der Waals surface area contributed by atoms with Gasteiger partial charge in [0.2, 0.25) is 0 Å². The van der Waals surface area contributed by atoms with Gasteiger partial charge < -0.3 is 5.73 Å². The third kappa shape index (κ3) is 3.83. The molecule has 0 saturated heterocycles. The number of hydrazone groups is 1. The van der Waals surface area contributed by atoms with E-state index < -0.39 is 0 Å². The lowest BCUT2D eigenvalue weighted by Crippen LogP contribution is -2.21. The number of nitrogen functional groups attached to an aromatic ring is 1. The van der Waals surface area contributed by atoms with Gasteiger partial charge in [-0.1, -0.05) is 25.3 Å². The molecule has 108 valence electrons. The lowest BCUT2D eigenvalue weighted by molar-refractivity contribution is 0.0954. The monoisotopic (exact) mass is 273 g/mol. The van der Waals surface area contributed by atoms with Gasteiger partial charge in [-0.25, -0.2) is 5.43 Å². The Morgan fingerprint density at radius 1 is 1.15 bits per heavy atom. The van der Waals surface area contributed by atoms with E-state index in [4.69, 9.17) is 5.73 Å². The van der Waals surface area contributed by atoms with E-state index >= 15 is 0 Å². The molecular formula is C16H23N3O. The van der Waals surface area contributed by atoms with Crippen molar-refractivity contribution >= 4 is 17.3 Å². The summed E-state index contributed by atoms with van der Waals surface area (Å²) in [4.78, 5) is 12.1. The van der Waals surface area contributed by atoms with Gasteiger partial charge in [0.1, 0.15) is 0 Å². The van der Waals surface area contributed by atoms with Gasteiger partial charge in [-0.2, -0.15) is 5.10 Å². The highest BCUT2D eigenvalue weighted by Crippen LogP contribution is 2.16. The van der Waals surface area contributed by atoms with Crippen molar-refractivity contribution in [1.29, 1.82) is 0 Å². The molecule has 0 bridgehead atoms. The summed E-state index contributed by atoms with van der Waals surface area (Å²) >= 11 is 0. The minimum atomic E-state index is -0.177. The summed E-state index contributed by atoms with van der Waals surface area (Å²) in [5, 5.41) is 4.31. The molecule has 0 spiro atoms. The topological polar surface area (TPSA) is 67.5 Å². The molecule has 1 saturated carbocycles. The van der Waals surface area contributed by atoms with Gasteiger partial charge in [0, 0.05) is 17.0 Å². The molecule has 2 rings (SSSR count). The second-order valence-corrected chi connectivity index (χ2v) is 5.41. The van der Waals surface area contributed by atoms with Crippen LogP contribution >= 0.6 is 0 Å². The Bertz CT molecular complexity index is 498. The minimum absolute atomic E-state index is 0.177. The number of carbonyl (C=O) groups excluding carboxylic acids is 1. The summed E-state index contributed by atoms with van der Waals surface area (Å²) in [6.45, 7) is 1.85.